The lowest BCUT2D eigenvalue weighted by Gasteiger charge is -2.27. The number of aryl methyl sites for hydroxylation is 1. The van der Waals surface area contributed by atoms with Gasteiger partial charge in [-0.3, -0.25) is 9.78 Å². The van der Waals surface area contributed by atoms with Crippen molar-refractivity contribution in [1.82, 2.24) is 19.5 Å². The van der Waals surface area contributed by atoms with E-state index in [0.717, 1.165) is 46.6 Å². The minimum atomic E-state index is 0.0651. The number of carbonyl (C=O) groups excluding carboxylic acids is 1. The highest BCUT2D eigenvalue weighted by Crippen LogP contribution is 2.25. The monoisotopic (exact) mass is 411 g/mol. The van der Waals surface area contributed by atoms with Gasteiger partial charge in [0.1, 0.15) is 5.82 Å². The van der Waals surface area contributed by atoms with Gasteiger partial charge in [-0.2, -0.15) is 0 Å². The average Bonchev–Trinajstić information content (AvgIpc) is 3.25. The van der Waals surface area contributed by atoms with Crippen LogP contribution in [0, 0.1) is 0 Å². The Balaban J connectivity index is 1.38. The van der Waals surface area contributed by atoms with E-state index in [1.807, 2.05) is 36.1 Å². The number of aromatic nitrogens is 4. The molecule has 0 spiro atoms. The summed E-state index contributed by atoms with van der Waals surface area (Å²) in [5.74, 6) is 0.966. The van der Waals surface area contributed by atoms with Crippen molar-refractivity contribution in [2.24, 2.45) is 7.05 Å². The number of anilines is 1. The molecule has 1 aliphatic rings. The Hall–Kier alpha value is -3.54. The van der Waals surface area contributed by atoms with Crippen molar-refractivity contribution in [3.05, 3.63) is 72.6 Å². The molecule has 0 atom stereocenters. The van der Waals surface area contributed by atoms with Gasteiger partial charge in [0.15, 0.2) is 5.78 Å². The van der Waals surface area contributed by atoms with Gasteiger partial charge in [0.25, 0.3) is 0 Å². The maximum Gasteiger partial charge on any atom is 0.169 e. The second kappa shape index (κ2) is 8.30. The van der Waals surface area contributed by atoms with Crippen LogP contribution in [0.4, 0.5) is 5.82 Å². The van der Waals surface area contributed by atoms with Crippen LogP contribution in [0.5, 0.6) is 0 Å². The molecule has 31 heavy (non-hydrogen) atoms. The van der Waals surface area contributed by atoms with E-state index in [1.165, 1.54) is 19.3 Å². The maximum absolute atomic E-state index is 13.0. The molecule has 1 aliphatic heterocycles. The number of hydrogen-bond donors (Lipinski definition) is 0. The van der Waals surface area contributed by atoms with Crippen LogP contribution in [0.1, 0.15) is 35.3 Å². The van der Waals surface area contributed by atoms with Gasteiger partial charge in [-0.15, -0.1) is 0 Å². The second-order valence-electron chi connectivity index (χ2n) is 8.18. The number of nitrogens with zero attached hydrogens (tertiary/aromatic N) is 5. The Morgan fingerprint density at radius 1 is 0.968 bits per heavy atom. The van der Waals surface area contributed by atoms with Crippen molar-refractivity contribution in [2.75, 3.05) is 18.0 Å². The topological polar surface area (TPSA) is 63.9 Å². The zero-order valence-corrected chi connectivity index (χ0v) is 17.7. The fourth-order valence-electron chi connectivity index (χ4n) is 4.23. The zero-order valence-electron chi connectivity index (χ0n) is 17.7. The van der Waals surface area contributed by atoms with Crippen LogP contribution in [0.2, 0.25) is 0 Å². The Labute approximate surface area is 181 Å². The highest BCUT2D eigenvalue weighted by atomic mass is 16.1. The van der Waals surface area contributed by atoms with Gasteiger partial charge in [0, 0.05) is 54.7 Å². The highest BCUT2D eigenvalue weighted by Gasteiger charge is 2.15. The summed E-state index contributed by atoms with van der Waals surface area (Å²) in [6.45, 7) is 2.02. The summed E-state index contributed by atoms with van der Waals surface area (Å²) in [5.41, 5.74) is 3.62. The molecule has 0 radical (unpaired) electrons. The van der Waals surface area contributed by atoms with Crippen LogP contribution in [-0.4, -0.2) is 38.4 Å². The van der Waals surface area contributed by atoms with E-state index in [0.29, 0.717) is 5.56 Å². The number of ketones is 1. The van der Waals surface area contributed by atoms with E-state index in [9.17, 15) is 4.79 Å². The van der Waals surface area contributed by atoms with E-state index in [4.69, 9.17) is 0 Å². The number of imidazole rings is 1. The minimum Gasteiger partial charge on any atom is -0.357 e. The van der Waals surface area contributed by atoms with Crippen molar-refractivity contribution >= 4 is 22.4 Å². The number of Topliss-reactive ketones (excluding diaryl/α,β-unsaturated/α-hetero) is 1. The molecule has 0 N–H and O–H groups in total. The van der Waals surface area contributed by atoms with Crippen LogP contribution < -0.4 is 4.90 Å². The Morgan fingerprint density at radius 2 is 1.84 bits per heavy atom. The lowest BCUT2D eigenvalue weighted by molar-refractivity contribution is 0.0992. The molecule has 6 nitrogen and oxygen atoms in total. The van der Waals surface area contributed by atoms with E-state index in [1.54, 1.807) is 18.6 Å². The quantitative estimate of drug-likeness (QED) is 0.454. The average molecular weight is 412 g/mol. The van der Waals surface area contributed by atoms with Gasteiger partial charge in [0.05, 0.1) is 24.6 Å². The summed E-state index contributed by atoms with van der Waals surface area (Å²) < 4.78 is 2.00. The predicted molar refractivity (Wildman–Crippen MR) is 122 cm³/mol. The highest BCUT2D eigenvalue weighted by molar-refractivity contribution is 5.98. The summed E-state index contributed by atoms with van der Waals surface area (Å²) in [6.07, 6.45) is 11.1. The molecular formula is C25H25N5O. The van der Waals surface area contributed by atoms with E-state index < -0.39 is 0 Å². The molecule has 4 heterocycles. The van der Waals surface area contributed by atoms with Gasteiger partial charge < -0.3 is 9.47 Å². The Bertz CT molecular complexity index is 1240. The summed E-state index contributed by atoms with van der Waals surface area (Å²) in [4.78, 5) is 28.5. The van der Waals surface area contributed by atoms with Gasteiger partial charge in [-0.1, -0.05) is 12.1 Å². The second-order valence-corrected chi connectivity index (χ2v) is 8.18. The third-order valence-corrected chi connectivity index (χ3v) is 5.98. The fourth-order valence-corrected chi connectivity index (χ4v) is 4.23. The van der Waals surface area contributed by atoms with E-state index >= 15 is 0 Å². The number of benzene rings is 1. The molecule has 4 aromatic rings. The first-order valence-corrected chi connectivity index (χ1v) is 10.8. The van der Waals surface area contributed by atoms with Crippen LogP contribution in [0.3, 0.4) is 0 Å². The van der Waals surface area contributed by atoms with Crippen LogP contribution >= 0.6 is 0 Å². The largest absolute Gasteiger partial charge is 0.357 e. The first-order valence-electron chi connectivity index (χ1n) is 10.8. The van der Waals surface area contributed by atoms with Crippen LogP contribution in [0.25, 0.3) is 22.0 Å². The number of piperidine rings is 1. The van der Waals surface area contributed by atoms with Gasteiger partial charge in [-0.05, 0) is 48.9 Å². The first kappa shape index (κ1) is 19.4. The first-order chi connectivity index (χ1) is 15.2. The lowest BCUT2D eigenvalue weighted by Crippen LogP contribution is -2.30. The number of pyridine rings is 2. The molecule has 5 rings (SSSR count). The van der Waals surface area contributed by atoms with Gasteiger partial charge in [-0.25, -0.2) is 9.97 Å². The van der Waals surface area contributed by atoms with Crippen molar-refractivity contribution in [3.8, 4) is 11.3 Å². The van der Waals surface area contributed by atoms with Crippen LogP contribution in [-0.2, 0) is 13.5 Å². The summed E-state index contributed by atoms with van der Waals surface area (Å²) in [7, 11) is 1.98. The number of hydrogen-bond acceptors (Lipinski definition) is 5. The van der Waals surface area contributed by atoms with E-state index in [-0.39, 0.29) is 12.2 Å². The molecule has 0 amide bonds. The molecule has 0 saturated carbocycles. The standard InChI is InChI=1S/C25H25N5O/c1-29-17-26-16-23(29)18-5-6-20-15-28-22(12-21(20)11-18)14-24(31)19-7-8-27-25(13-19)30-9-3-2-4-10-30/h5-8,11-13,15-17H,2-4,9-10,14H2,1H3. The van der Waals surface area contributed by atoms with E-state index in [2.05, 4.69) is 38.1 Å². The van der Waals surface area contributed by atoms with Gasteiger partial charge in [0.2, 0.25) is 0 Å². The Kier molecular flexibility index (Phi) is 5.20. The molecule has 1 aromatic carbocycles. The van der Waals surface area contributed by atoms with Crippen LogP contribution in [0.15, 0.2) is 61.3 Å². The molecule has 0 bridgehead atoms. The molecule has 1 saturated heterocycles. The smallest absolute Gasteiger partial charge is 0.169 e. The number of fused-ring (bicyclic) bond motifs is 1. The third kappa shape index (κ3) is 4.06. The molecule has 156 valence electrons. The van der Waals surface area contributed by atoms with Crippen molar-refractivity contribution in [3.63, 3.8) is 0 Å². The zero-order chi connectivity index (χ0) is 21.2. The summed E-state index contributed by atoms with van der Waals surface area (Å²) in [5, 5.41) is 2.12. The maximum atomic E-state index is 13.0. The summed E-state index contributed by atoms with van der Waals surface area (Å²) in [6, 6.07) is 12.0. The summed E-state index contributed by atoms with van der Waals surface area (Å²) >= 11 is 0. The SMILES string of the molecule is Cn1cncc1-c1ccc2cnc(CC(=O)c3ccnc(N4CCCCC4)c3)cc2c1. The molecule has 1 fully saturated rings. The van der Waals surface area contributed by atoms with Crippen molar-refractivity contribution < 1.29 is 4.79 Å². The fraction of sp³-hybridized carbons (Fsp3) is 0.280. The third-order valence-electron chi connectivity index (χ3n) is 5.98. The normalized spacial score (nSPS) is 14.2. The van der Waals surface area contributed by atoms with Crippen molar-refractivity contribution in [1.29, 1.82) is 0 Å². The number of rotatable bonds is 5. The molecule has 6 heteroatoms. The minimum absolute atomic E-state index is 0.0651. The Morgan fingerprint density at radius 3 is 2.65 bits per heavy atom. The van der Waals surface area contributed by atoms with Crippen molar-refractivity contribution in [2.45, 2.75) is 25.7 Å². The predicted octanol–water partition coefficient (Wildman–Crippen LogP) is 4.45. The molecule has 3 aromatic heterocycles. The lowest BCUT2D eigenvalue weighted by atomic mass is 10.0. The molecule has 0 aliphatic carbocycles. The van der Waals surface area contributed by atoms with Gasteiger partial charge >= 0.3 is 0 Å². The number of carbonyl (C=O) groups is 1. The molecule has 0 unspecified atom stereocenters. The molecular weight excluding hydrogens is 386 g/mol.